The molecule has 7 nitrogen and oxygen atoms in total. The molecular weight excluding hydrogens is 603 g/mol. The van der Waals surface area contributed by atoms with Crippen LogP contribution in [-0.4, -0.2) is 28.9 Å². The van der Waals surface area contributed by atoms with Gasteiger partial charge in [-0.05, 0) is 43.0 Å². The molecular formula is C42H29N7. The van der Waals surface area contributed by atoms with Crippen molar-refractivity contribution < 1.29 is 0 Å². The smallest absolute Gasteiger partial charge is 0.238 e. The largest absolute Gasteiger partial charge is 0.405 e. The number of para-hydroxylation sites is 3. The van der Waals surface area contributed by atoms with Crippen LogP contribution < -0.4 is 5.73 Å². The first-order valence-electron chi connectivity index (χ1n) is 16.5. The molecule has 0 fully saturated rings. The molecule has 0 aliphatic heterocycles. The molecule has 0 unspecified atom stereocenters. The predicted octanol–water partition coefficient (Wildman–Crippen LogP) is 9.30. The number of rotatable bonds is 6. The van der Waals surface area contributed by atoms with Gasteiger partial charge in [-0.1, -0.05) is 91.0 Å². The highest BCUT2D eigenvalue weighted by molar-refractivity contribution is 6.30. The Morgan fingerprint density at radius 1 is 0.571 bits per heavy atom. The Morgan fingerprint density at radius 2 is 1.20 bits per heavy atom. The van der Waals surface area contributed by atoms with Gasteiger partial charge in [0.05, 0.1) is 27.6 Å². The van der Waals surface area contributed by atoms with E-state index in [9.17, 15) is 0 Å². The van der Waals surface area contributed by atoms with E-state index in [-0.39, 0.29) is 0 Å². The van der Waals surface area contributed by atoms with E-state index in [0.29, 0.717) is 24.0 Å². The van der Waals surface area contributed by atoms with Crippen molar-refractivity contribution in [2.75, 3.05) is 0 Å². The Bertz CT molecular complexity index is 2950. The van der Waals surface area contributed by atoms with Crippen molar-refractivity contribution in [1.29, 1.82) is 0 Å². The Kier molecular flexibility index (Phi) is 6.02. The van der Waals surface area contributed by atoms with Gasteiger partial charge in [0.2, 0.25) is 5.95 Å². The third-order valence-corrected chi connectivity index (χ3v) is 9.69. The highest BCUT2D eigenvalue weighted by Crippen LogP contribution is 2.44. The molecule has 10 aromatic rings. The quantitative estimate of drug-likeness (QED) is 0.185. The van der Waals surface area contributed by atoms with Crippen molar-refractivity contribution in [2.45, 2.75) is 12.8 Å². The van der Waals surface area contributed by atoms with Crippen LogP contribution in [0.15, 0.2) is 140 Å². The van der Waals surface area contributed by atoms with Crippen molar-refractivity contribution in [3.63, 3.8) is 0 Å². The highest BCUT2D eigenvalue weighted by atomic mass is 15.2. The first-order valence-corrected chi connectivity index (χ1v) is 16.5. The maximum atomic E-state index is 5.53. The van der Waals surface area contributed by atoms with Crippen LogP contribution in [0.2, 0.25) is 0 Å². The van der Waals surface area contributed by atoms with Crippen LogP contribution >= 0.6 is 0 Å². The molecule has 5 aromatic heterocycles. The summed E-state index contributed by atoms with van der Waals surface area (Å²) < 4.78 is 4.69. The van der Waals surface area contributed by atoms with Crippen LogP contribution in [0.25, 0.3) is 88.0 Å². The van der Waals surface area contributed by atoms with E-state index < -0.39 is 0 Å². The van der Waals surface area contributed by atoms with Gasteiger partial charge in [-0.15, -0.1) is 0 Å². The van der Waals surface area contributed by atoms with Gasteiger partial charge in [-0.3, -0.25) is 9.55 Å². The molecule has 10 rings (SSSR count). The Balaban J connectivity index is 1.31. The SMILES string of the molecule is N/C=C\C=C/CCc1nc(-c2cccnc2)nc(-n2c3ccccc3c3ccc4c(ccc5c6cccc7c8ccccc8n(c45)c76)c32)n1. The maximum Gasteiger partial charge on any atom is 0.238 e. The van der Waals surface area contributed by atoms with E-state index >= 15 is 0 Å². The average Bonchev–Trinajstić information content (AvgIpc) is 3.80. The number of allylic oxidation sites excluding steroid dienone is 3. The predicted molar refractivity (Wildman–Crippen MR) is 200 cm³/mol. The number of aromatic nitrogens is 6. The zero-order valence-electron chi connectivity index (χ0n) is 26.5. The molecule has 5 aromatic carbocycles. The number of benzene rings is 5. The molecule has 0 bridgehead atoms. The van der Waals surface area contributed by atoms with Crippen LogP contribution in [0, 0.1) is 0 Å². The maximum absolute atomic E-state index is 5.53. The second-order valence-electron chi connectivity index (χ2n) is 12.4. The van der Waals surface area contributed by atoms with Crippen LogP contribution in [0.3, 0.4) is 0 Å². The zero-order valence-corrected chi connectivity index (χ0v) is 26.5. The van der Waals surface area contributed by atoms with Gasteiger partial charge < -0.3 is 10.1 Å². The number of nitrogens with zero attached hydrogens (tertiary/aromatic N) is 6. The van der Waals surface area contributed by atoms with Gasteiger partial charge in [0.25, 0.3) is 0 Å². The fourth-order valence-electron chi connectivity index (χ4n) is 7.68. The monoisotopic (exact) mass is 631 g/mol. The summed E-state index contributed by atoms with van der Waals surface area (Å²) in [6.45, 7) is 0. The lowest BCUT2D eigenvalue weighted by Gasteiger charge is -2.12. The number of pyridine rings is 1. The van der Waals surface area contributed by atoms with Gasteiger partial charge >= 0.3 is 0 Å². The molecule has 0 radical (unpaired) electrons. The normalized spacial score (nSPS) is 12.6. The summed E-state index contributed by atoms with van der Waals surface area (Å²) >= 11 is 0. The molecule has 232 valence electrons. The minimum Gasteiger partial charge on any atom is -0.405 e. The summed E-state index contributed by atoms with van der Waals surface area (Å²) in [5, 5.41) is 9.71. The van der Waals surface area contributed by atoms with Gasteiger partial charge in [-0.2, -0.15) is 9.97 Å². The minimum absolute atomic E-state index is 0.589. The molecule has 0 spiro atoms. The number of hydrogen-bond donors (Lipinski definition) is 1. The van der Waals surface area contributed by atoms with Gasteiger partial charge in [0.1, 0.15) is 5.82 Å². The van der Waals surface area contributed by atoms with E-state index in [1.807, 2.05) is 24.3 Å². The summed E-state index contributed by atoms with van der Waals surface area (Å²) in [6, 6.07) is 36.9. The molecule has 7 heteroatoms. The van der Waals surface area contributed by atoms with E-state index in [1.165, 1.54) is 49.7 Å². The Labute approximate surface area is 280 Å². The first-order chi connectivity index (χ1) is 24.3. The lowest BCUT2D eigenvalue weighted by molar-refractivity contribution is 0.829. The summed E-state index contributed by atoms with van der Waals surface area (Å²) in [7, 11) is 0. The van der Waals surface area contributed by atoms with Crippen molar-refractivity contribution >= 4 is 70.7 Å². The molecule has 0 amide bonds. The molecule has 5 heterocycles. The summed E-state index contributed by atoms with van der Waals surface area (Å²) in [4.78, 5) is 19.5. The molecule has 0 saturated heterocycles. The topological polar surface area (TPSA) is 86.9 Å². The van der Waals surface area contributed by atoms with Gasteiger partial charge in [0, 0.05) is 67.5 Å². The number of hydrogen-bond acceptors (Lipinski definition) is 5. The van der Waals surface area contributed by atoms with Crippen molar-refractivity contribution in [3.05, 3.63) is 146 Å². The lowest BCUT2D eigenvalue weighted by Crippen LogP contribution is -2.08. The Hall–Kier alpha value is -6.60. The van der Waals surface area contributed by atoms with E-state index in [1.54, 1.807) is 12.4 Å². The van der Waals surface area contributed by atoms with E-state index in [4.69, 9.17) is 20.7 Å². The molecule has 0 aliphatic rings. The van der Waals surface area contributed by atoms with Crippen LogP contribution in [0.5, 0.6) is 0 Å². The van der Waals surface area contributed by atoms with Crippen molar-refractivity contribution in [2.24, 2.45) is 5.73 Å². The number of fused-ring (bicyclic) bond motifs is 12. The standard InChI is InChI=1S/C42H29N7/c43-23-8-2-1-3-18-37-45-41(26-11-10-24-44-25-26)47-42(46-37)49-36-17-7-5-13-28(36)31-19-20-33-34(40(31)49)22-21-32-30-15-9-14-29-27-12-4-6-16-35(27)48(38(29)30)39(32)33/h1-2,4-17,19-25H,3,18,43H2/b2-1-,23-8-. The Morgan fingerprint density at radius 3 is 1.94 bits per heavy atom. The van der Waals surface area contributed by atoms with E-state index in [0.717, 1.165) is 39.2 Å². The third-order valence-electron chi connectivity index (χ3n) is 9.69. The zero-order chi connectivity index (χ0) is 32.5. The van der Waals surface area contributed by atoms with Gasteiger partial charge in [0.15, 0.2) is 5.82 Å². The van der Waals surface area contributed by atoms with Crippen molar-refractivity contribution in [1.82, 2.24) is 28.9 Å². The number of aryl methyl sites for hydroxylation is 1. The summed E-state index contributed by atoms with van der Waals surface area (Å²) in [5.41, 5.74) is 12.2. The fourth-order valence-corrected chi connectivity index (χ4v) is 7.68. The average molecular weight is 632 g/mol. The number of nitrogens with two attached hydrogens (primary N) is 1. The second kappa shape index (κ2) is 10.7. The van der Waals surface area contributed by atoms with Crippen LogP contribution in [-0.2, 0) is 6.42 Å². The first kappa shape index (κ1) is 27.5. The summed E-state index contributed by atoms with van der Waals surface area (Å²) in [5.74, 6) is 1.91. The van der Waals surface area contributed by atoms with Crippen molar-refractivity contribution in [3.8, 4) is 17.3 Å². The summed E-state index contributed by atoms with van der Waals surface area (Å²) in [6.07, 6.45) is 12.4. The molecule has 0 atom stereocenters. The lowest BCUT2D eigenvalue weighted by atomic mass is 10.0. The second-order valence-corrected chi connectivity index (χ2v) is 12.4. The molecule has 2 N–H and O–H groups in total. The minimum atomic E-state index is 0.589. The van der Waals surface area contributed by atoms with Crippen LogP contribution in [0.1, 0.15) is 12.2 Å². The van der Waals surface area contributed by atoms with Gasteiger partial charge in [-0.25, -0.2) is 4.98 Å². The fraction of sp³-hybridized carbons (Fsp3) is 0.0476. The van der Waals surface area contributed by atoms with Crippen LogP contribution in [0.4, 0.5) is 0 Å². The molecule has 49 heavy (non-hydrogen) atoms. The van der Waals surface area contributed by atoms with E-state index in [2.05, 4.69) is 111 Å². The molecule has 0 aliphatic carbocycles. The molecule has 0 saturated carbocycles. The highest BCUT2D eigenvalue weighted by Gasteiger charge is 2.22. The third kappa shape index (κ3) is 4.02.